The highest BCUT2D eigenvalue weighted by Gasteiger charge is 2.21. The lowest BCUT2D eigenvalue weighted by Crippen LogP contribution is -1.89. The van der Waals surface area contributed by atoms with Gasteiger partial charge in [-0.25, -0.2) is 0 Å². The van der Waals surface area contributed by atoms with Crippen LogP contribution in [0.4, 0.5) is 5.69 Å². The Hall–Kier alpha value is -1.95. The summed E-state index contributed by atoms with van der Waals surface area (Å²) in [6, 6.07) is 3.82. The molecule has 2 rings (SSSR count). The van der Waals surface area contributed by atoms with Gasteiger partial charge in [-0.1, -0.05) is 11.2 Å². The first-order valence-electron chi connectivity index (χ1n) is 4.50. The average molecular weight is 236 g/mol. The van der Waals surface area contributed by atoms with Crippen LogP contribution in [0.1, 0.15) is 16.3 Å². The molecule has 0 saturated carbocycles. The third-order valence-electron chi connectivity index (χ3n) is 1.98. The Kier molecular flexibility index (Phi) is 2.82. The molecule has 0 amide bonds. The summed E-state index contributed by atoms with van der Waals surface area (Å²) in [5.41, 5.74) is 0.212. The summed E-state index contributed by atoms with van der Waals surface area (Å²) >= 11 is 1.54. The van der Waals surface area contributed by atoms with Gasteiger partial charge in [0.2, 0.25) is 5.76 Å². The topological polar surface area (TPSA) is 69.2 Å². The summed E-state index contributed by atoms with van der Waals surface area (Å²) in [7, 11) is 0. The van der Waals surface area contributed by atoms with E-state index in [0.29, 0.717) is 0 Å². The van der Waals surface area contributed by atoms with E-state index in [1.165, 1.54) is 0 Å². The number of aryl methyl sites for hydroxylation is 1. The number of hydrogen-bond donors (Lipinski definition) is 0. The molecule has 0 unspecified atom stereocenters. The predicted octanol–water partition coefficient (Wildman–Crippen LogP) is 3.12. The summed E-state index contributed by atoms with van der Waals surface area (Å²) in [6.45, 7) is 1.55. The van der Waals surface area contributed by atoms with E-state index in [4.69, 9.17) is 4.52 Å². The van der Waals surface area contributed by atoms with Crippen molar-refractivity contribution in [3.8, 4) is 0 Å². The molecule has 0 radical (unpaired) electrons. The minimum atomic E-state index is -0.486. The van der Waals surface area contributed by atoms with Gasteiger partial charge in [-0.15, -0.1) is 11.3 Å². The lowest BCUT2D eigenvalue weighted by atomic mass is 10.3. The van der Waals surface area contributed by atoms with E-state index in [2.05, 4.69) is 5.16 Å². The van der Waals surface area contributed by atoms with E-state index in [0.717, 1.165) is 4.88 Å². The molecule has 0 aliphatic carbocycles. The summed E-state index contributed by atoms with van der Waals surface area (Å²) < 4.78 is 4.88. The maximum absolute atomic E-state index is 10.7. The van der Waals surface area contributed by atoms with Crippen molar-refractivity contribution < 1.29 is 9.45 Å². The number of rotatable bonds is 3. The summed E-state index contributed by atoms with van der Waals surface area (Å²) in [5.74, 6) is 0.177. The molecule has 16 heavy (non-hydrogen) atoms. The van der Waals surface area contributed by atoms with Crippen molar-refractivity contribution in [2.45, 2.75) is 6.92 Å². The van der Waals surface area contributed by atoms with Crippen molar-refractivity contribution in [1.82, 2.24) is 5.16 Å². The Morgan fingerprint density at radius 1 is 1.56 bits per heavy atom. The zero-order valence-corrected chi connectivity index (χ0v) is 9.23. The molecule has 2 aromatic rings. The molecule has 0 atom stereocenters. The fourth-order valence-electron chi connectivity index (χ4n) is 1.26. The molecule has 0 N–H and O–H groups in total. The molecule has 2 heterocycles. The molecular formula is C10H8N2O3S. The van der Waals surface area contributed by atoms with Gasteiger partial charge in [0.1, 0.15) is 0 Å². The SMILES string of the molecule is Cc1noc(/C=C/c2cccs2)c1[N+](=O)[O-]. The molecule has 0 fully saturated rings. The van der Waals surface area contributed by atoms with Gasteiger partial charge in [0.25, 0.3) is 0 Å². The Labute approximate surface area is 95.2 Å². The van der Waals surface area contributed by atoms with Crippen LogP contribution in [0.3, 0.4) is 0 Å². The van der Waals surface area contributed by atoms with Crippen LogP contribution in [0.15, 0.2) is 22.0 Å². The third kappa shape index (κ3) is 2.01. The maximum atomic E-state index is 10.7. The minimum Gasteiger partial charge on any atom is -0.349 e. The van der Waals surface area contributed by atoms with Crippen molar-refractivity contribution in [3.05, 3.63) is 44.0 Å². The van der Waals surface area contributed by atoms with Gasteiger partial charge in [-0.05, 0) is 30.5 Å². The largest absolute Gasteiger partial charge is 0.349 e. The summed E-state index contributed by atoms with van der Waals surface area (Å²) in [4.78, 5) is 11.3. The molecule has 2 aromatic heterocycles. The molecule has 0 bridgehead atoms. The maximum Gasteiger partial charge on any atom is 0.338 e. The monoisotopic (exact) mass is 236 g/mol. The van der Waals surface area contributed by atoms with Crippen molar-refractivity contribution in [3.63, 3.8) is 0 Å². The van der Waals surface area contributed by atoms with E-state index < -0.39 is 4.92 Å². The van der Waals surface area contributed by atoms with Crippen LogP contribution in [0.2, 0.25) is 0 Å². The van der Waals surface area contributed by atoms with Crippen LogP contribution in [0.5, 0.6) is 0 Å². The number of nitrogens with zero attached hydrogens (tertiary/aromatic N) is 2. The van der Waals surface area contributed by atoms with Gasteiger partial charge in [0, 0.05) is 4.88 Å². The highest BCUT2D eigenvalue weighted by atomic mass is 32.1. The summed E-state index contributed by atoms with van der Waals surface area (Å²) in [5, 5.41) is 16.2. The Bertz CT molecular complexity index is 528. The lowest BCUT2D eigenvalue weighted by molar-refractivity contribution is -0.386. The van der Waals surface area contributed by atoms with E-state index >= 15 is 0 Å². The van der Waals surface area contributed by atoms with Gasteiger partial charge >= 0.3 is 5.69 Å². The first kappa shape index (κ1) is 10.6. The van der Waals surface area contributed by atoms with Crippen molar-refractivity contribution in [2.24, 2.45) is 0 Å². The van der Waals surface area contributed by atoms with Crippen molar-refractivity contribution >= 4 is 29.2 Å². The second-order valence-corrected chi connectivity index (χ2v) is 4.07. The van der Waals surface area contributed by atoms with Crippen LogP contribution < -0.4 is 0 Å². The Morgan fingerprint density at radius 2 is 2.38 bits per heavy atom. The smallest absolute Gasteiger partial charge is 0.338 e. The first-order valence-corrected chi connectivity index (χ1v) is 5.38. The Morgan fingerprint density at radius 3 is 3.00 bits per heavy atom. The van der Waals surface area contributed by atoms with Gasteiger partial charge in [-0.3, -0.25) is 10.1 Å². The number of thiophene rings is 1. The average Bonchev–Trinajstić information content (AvgIpc) is 2.83. The van der Waals surface area contributed by atoms with Crippen molar-refractivity contribution in [2.75, 3.05) is 0 Å². The van der Waals surface area contributed by atoms with Crippen LogP contribution in [0.25, 0.3) is 12.2 Å². The first-order chi connectivity index (χ1) is 7.68. The van der Waals surface area contributed by atoms with Crippen LogP contribution >= 0.6 is 11.3 Å². The molecule has 6 heteroatoms. The van der Waals surface area contributed by atoms with Gasteiger partial charge in [-0.2, -0.15) is 0 Å². The normalized spacial score (nSPS) is 11.1. The lowest BCUT2D eigenvalue weighted by Gasteiger charge is -1.87. The van der Waals surface area contributed by atoms with Crippen LogP contribution in [0, 0.1) is 17.0 Å². The van der Waals surface area contributed by atoms with Gasteiger partial charge in [0.05, 0.1) is 4.92 Å². The van der Waals surface area contributed by atoms with Crippen LogP contribution in [-0.2, 0) is 0 Å². The van der Waals surface area contributed by atoms with Gasteiger partial charge in [0.15, 0.2) is 5.69 Å². The molecule has 0 spiro atoms. The molecule has 0 aliphatic heterocycles. The van der Waals surface area contributed by atoms with E-state index in [1.807, 2.05) is 17.5 Å². The minimum absolute atomic E-state index is 0.0761. The summed E-state index contributed by atoms with van der Waals surface area (Å²) in [6.07, 6.45) is 3.32. The van der Waals surface area contributed by atoms with Gasteiger partial charge < -0.3 is 4.52 Å². The molecule has 82 valence electrons. The number of hydrogen-bond acceptors (Lipinski definition) is 5. The quantitative estimate of drug-likeness (QED) is 0.606. The fourth-order valence-corrected chi connectivity index (χ4v) is 1.88. The molecular weight excluding hydrogens is 228 g/mol. The fraction of sp³-hybridized carbons (Fsp3) is 0.100. The molecule has 0 aromatic carbocycles. The van der Waals surface area contributed by atoms with E-state index in [-0.39, 0.29) is 17.1 Å². The zero-order valence-electron chi connectivity index (χ0n) is 8.41. The zero-order chi connectivity index (χ0) is 11.5. The van der Waals surface area contributed by atoms with Crippen molar-refractivity contribution in [1.29, 1.82) is 0 Å². The van der Waals surface area contributed by atoms with Crippen LogP contribution in [-0.4, -0.2) is 10.1 Å². The predicted molar refractivity (Wildman–Crippen MR) is 61.1 cm³/mol. The molecule has 0 saturated heterocycles. The van der Waals surface area contributed by atoms with E-state index in [9.17, 15) is 10.1 Å². The highest BCUT2D eigenvalue weighted by Crippen LogP contribution is 2.25. The number of aromatic nitrogens is 1. The standard InChI is InChI=1S/C10H8N2O3S/c1-7-10(12(13)14)9(15-11-7)5-4-8-3-2-6-16-8/h2-6H,1H3/b5-4+. The second kappa shape index (κ2) is 4.28. The highest BCUT2D eigenvalue weighted by molar-refractivity contribution is 7.10. The van der Waals surface area contributed by atoms with E-state index in [1.54, 1.807) is 30.4 Å². The number of nitro groups is 1. The third-order valence-corrected chi connectivity index (χ3v) is 2.82. The second-order valence-electron chi connectivity index (χ2n) is 3.09. The molecule has 5 nitrogen and oxygen atoms in total. The Balaban J connectivity index is 2.32. The molecule has 0 aliphatic rings.